The third kappa shape index (κ3) is 15.4. The molecule has 7 N–H and O–H groups in total. The number of imide groups is 1. The van der Waals surface area contributed by atoms with Crippen molar-refractivity contribution in [2.75, 3.05) is 0 Å². The van der Waals surface area contributed by atoms with Crippen LogP contribution in [0.4, 0.5) is 0 Å². The minimum Gasteiger partial charge on any atom is -0.507 e. The molecule has 0 spiro atoms. The number of fused-ring (bicyclic) bond motifs is 1. The molecule has 17 nitrogen and oxygen atoms in total. The molecule has 0 saturated carbocycles. The monoisotopic (exact) mass is 1040 g/mol. The number of carbonyl (C=O) groups excluding carboxylic acids is 3. The Labute approximate surface area is 438 Å². The molecule has 0 aliphatic carbocycles. The summed E-state index contributed by atoms with van der Waals surface area (Å²) >= 11 is 0. The van der Waals surface area contributed by atoms with Crippen LogP contribution in [0.3, 0.4) is 0 Å². The maximum Gasteiger partial charge on any atom is 0.338 e. The standard InChI is InChI=1S/C58H73NO16/c1-3-39-32-41(72-57(71-39)47-20-5-8-23-51(47)64)15-10-13-36(60)29-38(62)31-40(70-55(68)35-25-26-45-49(28-35)54(67)59-53(45)66)17-12-18-43-33-42(73-58(74-43)48-21-6-9-24-52(48)65)16-11-14-37(61)30-44-27-34(2)69-56(75-44)46-19-4-7-22-50(46)63/h4-9,19-26,28,34,36-44,56-58,60-65H,3,10-18,27,29-33H2,1-2H3,(H,59,66,67)/t34-,36?,37?,38?,39?,40?,41?,42?,43?,44?,56?,57?,58?/m0/s1. The second-order valence-corrected chi connectivity index (χ2v) is 20.6. The Hall–Kier alpha value is -5.47. The van der Waals surface area contributed by atoms with Crippen molar-refractivity contribution >= 4 is 17.8 Å². The molecule has 17 heteroatoms. The molecule has 2 amide bonds. The summed E-state index contributed by atoms with van der Waals surface area (Å²) in [4.78, 5) is 38.4. The fourth-order valence-corrected chi connectivity index (χ4v) is 10.7. The number of esters is 1. The lowest BCUT2D eigenvalue weighted by Crippen LogP contribution is -2.35. The first-order valence-corrected chi connectivity index (χ1v) is 26.7. The molecule has 4 aromatic rings. The minimum atomic E-state index is -1.04. The van der Waals surface area contributed by atoms with Gasteiger partial charge in [0.05, 0.1) is 71.6 Å². The highest BCUT2D eigenvalue weighted by atomic mass is 16.7. The van der Waals surface area contributed by atoms with E-state index in [1.165, 1.54) is 18.2 Å². The maximum absolute atomic E-state index is 13.7. The predicted octanol–water partition coefficient (Wildman–Crippen LogP) is 9.02. The smallest absolute Gasteiger partial charge is 0.338 e. The van der Waals surface area contributed by atoms with Crippen molar-refractivity contribution in [3.63, 3.8) is 0 Å². The summed E-state index contributed by atoms with van der Waals surface area (Å²) in [6.45, 7) is 3.99. The number of aliphatic hydroxyl groups excluding tert-OH is 3. The lowest BCUT2D eigenvalue weighted by Gasteiger charge is -2.37. The number of aliphatic hydroxyl groups is 3. The van der Waals surface area contributed by atoms with Gasteiger partial charge in [0, 0.05) is 36.0 Å². The van der Waals surface area contributed by atoms with Crippen molar-refractivity contribution in [2.24, 2.45) is 0 Å². The van der Waals surface area contributed by atoms with Crippen LogP contribution in [0.1, 0.15) is 183 Å². The Bertz CT molecular complexity index is 2520. The number of rotatable bonds is 24. The molecular formula is C58H73NO16. The highest BCUT2D eigenvalue weighted by molar-refractivity contribution is 6.22. The zero-order valence-corrected chi connectivity index (χ0v) is 42.7. The number of amides is 2. The SMILES string of the molecule is CCC1CC(CCCC(O)CC(O)CC(CCCC2CC(CCCC(O)CC3C[C@H](C)OC(c4ccccc4O)O3)OC(c3ccccc3O)O2)OC(=O)c2ccc3c(c2)C(=O)NC3=O)OC(c2ccccc2O)O1. The number of hydrogen-bond donors (Lipinski definition) is 7. The Morgan fingerprint density at radius 1 is 0.573 bits per heavy atom. The van der Waals surface area contributed by atoms with Crippen LogP contribution in [0, 0.1) is 0 Å². The predicted molar refractivity (Wildman–Crippen MR) is 272 cm³/mol. The van der Waals surface area contributed by atoms with E-state index in [1.54, 1.807) is 60.7 Å². The number of aromatic hydroxyl groups is 3. The fourth-order valence-electron chi connectivity index (χ4n) is 10.7. The fraction of sp³-hybridized carbons (Fsp3) is 0.534. The van der Waals surface area contributed by atoms with Gasteiger partial charge in [-0.1, -0.05) is 61.5 Å². The number of ether oxygens (including phenoxy) is 7. The summed E-state index contributed by atoms with van der Waals surface area (Å²) in [6, 6.07) is 24.8. The van der Waals surface area contributed by atoms with E-state index in [0.717, 1.165) is 6.42 Å². The molecule has 0 aromatic heterocycles. The third-order valence-electron chi connectivity index (χ3n) is 14.6. The van der Waals surface area contributed by atoms with Gasteiger partial charge in [0.2, 0.25) is 0 Å². The summed E-state index contributed by atoms with van der Waals surface area (Å²) in [5, 5.41) is 67.7. The summed E-state index contributed by atoms with van der Waals surface area (Å²) in [5.41, 5.74) is 1.89. The van der Waals surface area contributed by atoms with E-state index in [4.69, 9.17) is 33.2 Å². The van der Waals surface area contributed by atoms with Gasteiger partial charge in [0.15, 0.2) is 18.9 Å². The van der Waals surface area contributed by atoms with E-state index in [1.807, 2.05) is 26.0 Å². The second-order valence-electron chi connectivity index (χ2n) is 20.6. The maximum atomic E-state index is 13.7. The van der Waals surface area contributed by atoms with Crippen LogP contribution in [-0.4, -0.2) is 109 Å². The molecule has 0 radical (unpaired) electrons. The number of nitrogens with one attached hydrogen (secondary N) is 1. The summed E-state index contributed by atoms with van der Waals surface area (Å²) < 4.78 is 43.5. The molecule has 4 aromatic carbocycles. The van der Waals surface area contributed by atoms with Gasteiger partial charge in [-0.2, -0.15) is 0 Å². The van der Waals surface area contributed by atoms with Crippen LogP contribution in [-0.2, 0) is 33.2 Å². The van der Waals surface area contributed by atoms with Gasteiger partial charge in [-0.25, -0.2) is 4.79 Å². The van der Waals surface area contributed by atoms with Gasteiger partial charge in [-0.15, -0.1) is 0 Å². The molecule has 75 heavy (non-hydrogen) atoms. The van der Waals surface area contributed by atoms with Crippen molar-refractivity contribution in [3.05, 3.63) is 124 Å². The average Bonchev–Trinajstić information content (AvgIpc) is 3.67. The van der Waals surface area contributed by atoms with Crippen molar-refractivity contribution in [1.82, 2.24) is 5.32 Å². The Morgan fingerprint density at radius 2 is 1.05 bits per heavy atom. The van der Waals surface area contributed by atoms with E-state index < -0.39 is 61.1 Å². The first-order chi connectivity index (χ1) is 36.2. The number of carbonyl (C=O) groups is 3. The number of hydrogen-bond acceptors (Lipinski definition) is 16. The Balaban J connectivity index is 0.863. The molecule has 406 valence electrons. The van der Waals surface area contributed by atoms with Gasteiger partial charge in [-0.3, -0.25) is 14.9 Å². The number of benzene rings is 4. The number of para-hydroxylation sites is 3. The molecular weight excluding hydrogens is 967 g/mol. The molecule has 8 rings (SSSR count). The number of phenols is 3. The first-order valence-electron chi connectivity index (χ1n) is 26.7. The highest BCUT2D eigenvalue weighted by Gasteiger charge is 2.36. The van der Waals surface area contributed by atoms with Crippen molar-refractivity contribution in [1.29, 1.82) is 0 Å². The van der Waals surface area contributed by atoms with Crippen LogP contribution < -0.4 is 5.32 Å². The Kier molecular flexibility index (Phi) is 19.7. The Morgan fingerprint density at radius 3 is 1.61 bits per heavy atom. The van der Waals surface area contributed by atoms with Crippen molar-refractivity contribution in [3.8, 4) is 17.2 Å². The third-order valence-corrected chi connectivity index (χ3v) is 14.6. The van der Waals surface area contributed by atoms with E-state index in [-0.39, 0.29) is 83.4 Å². The topological polar surface area (TPSA) is 249 Å². The van der Waals surface area contributed by atoms with Crippen LogP contribution in [0.5, 0.6) is 17.2 Å². The van der Waals surface area contributed by atoms with Gasteiger partial charge in [-0.05, 0) is 127 Å². The molecule has 3 saturated heterocycles. The van der Waals surface area contributed by atoms with Crippen LogP contribution in [0.2, 0.25) is 0 Å². The average molecular weight is 1040 g/mol. The lowest BCUT2D eigenvalue weighted by molar-refractivity contribution is -0.251. The summed E-state index contributed by atoms with van der Waals surface area (Å²) in [6.07, 6.45) is 0.774. The highest BCUT2D eigenvalue weighted by Crippen LogP contribution is 2.40. The van der Waals surface area contributed by atoms with E-state index in [2.05, 4.69) is 5.32 Å². The zero-order chi connectivity index (χ0) is 53.0. The van der Waals surface area contributed by atoms with Gasteiger partial charge < -0.3 is 63.8 Å². The number of phenolic OH excluding ortho intramolecular Hbond substituents is 3. The molecule has 3 fully saturated rings. The molecule has 4 heterocycles. The molecule has 12 unspecified atom stereocenters. The summed E-state index contributed by atoms with van der Waals surface area (Å²) in [5.74, 6) is -1.68. The lowest BCUT2D eigenvalue weighted by atomic mass is 9.95. The van der Waals surface area contributed by atoms with Crippen molar-refractivity contribution in [2.45, 2.75) is 196 Å². The van der Waals surface area contributed by atoms with Crippen LogP contribution in [0.25, 0.3) is 0 Å². The van der Waals surface area contributed by atoms with Gasteiger partial charge in [0.1, 0.15) is 23.4 Å². The van der Waals surface area contributed by atoms with E-state index >= 15 is 0 Å². The normalized spacial score (nSPS) is 26.4. The van der Waals surface area contributed by atoms with E-state index in [0.29, 0.717) is 100 Å². The van der Waals surface area contributed by atoms with Crippen molar-refractivity contribution < 1.29 is 78.2 Å². The van der Waals surface area contributed by atoms with Crippen LogP contribution in [0.15, 0.2) is 91.0 Å². The molecule has 13 atom stereocenters. The molecule has 0 bridgehead atoms. The van der Waals surface area contributed by atoms with Crippen LogP contribution >= 0.6 is 0 Å². The van der Waals surface area contributed by atoms with Gasteiger partial charge in [0.25, 0.3) is 11.8 Å². The zero-order valence-electron chi connectivity index (χ0n) is 42.7. The van der Waals surface area contributed by atoms with E-state index in [9.17, 15) is 45.0 Å². The van der Waals surface area contributed by atoms with Gasteiger partial charge >= 0.3 is 5.97 Å². The summed E-state index contributed by atoms with van der Waals surface area (Å²) in [7, 11) is 0. The first kappa shape index (κ1) is 55.8. The largest absolute Gasteiger partial charge is 0.507 e. The quantitative estimate of drug-likeness (QED) is 0.0255. The minimum absolute atomic E-state index is 0.0174. The second kappa shape index (κ2) is 26.5. The molecule has 4 aliphatic heterocycles. The molecule has 4 aliphatic rings.